The molecule has 2 atom stereocenters. The highest BCUT2D eigenvalue weighted by Crippen LogP contribution is 2.42. The molecule has 3 heterocycles. The molecule has 2 N–H and O–H groups in total. The number of benzene rings is 1. The zero-order valence-corrected chi connectivity index (χ0v) is 18.6. The SMILES string of the molecule is O=C(CCN1C(=S)NC(c2ccccn2)C1c1ccc(Br)s1)Nc1ccccc1. The van der Waals surface area contributed by atoms with Crippen molar-refractivity contribution in [3.63, 3.8) is 0 Å². The van der Waals surface area contributed by atoms with Crippen LogP contribution >= 0.6 is 39.5 Å². The van der Waals surface area contributed by atoms with Crippen molar-refractivity contribution in [3.8, 4) is 0 Å². The van der Waals surface area contributed by atoms with E-state index in [9.17, 15) is 4.79 Å². The van der Waals surface area contributed by atoms with E-state index in [1.54, 1.807) is 17.5 Å². The minimum atomic E-state index is -0.0635. The van der Waals surface area contributed by atoms with Gasteiger partial charge in [0.05, 0.1) is 21.6 Å². The molecular weight excluding hydrogens is 468 g/mol. The minimum Gasteiger partial charge on any atom is -0.352 e. The maximum atomic E-state index is 12.5. The monoisotopic (exact) mass is 486 g/mol. The fourth-order valence-electron chi connectivity index (χ4n) is 3.41. The molecule has 1 fully saturated rings. The predicted molar refractivity (Wildman–Crippen MR) is 124 cm³/mol. The number of thiophene rings is 1. The Hall–Kier alpha value is -2.29. The van der Waals surface area contributed by atoms with E-state index >= 15 is 0 Å². The van der Waals surface area contributed by atoms with E-state index in [-0.39, 0.29) is 18.0 Å². The zero-order valence-electron chi connectivity index (χ0n) is 15.4. The van der Waals surface area contributed by atoms with E-state index in [0.29, 0.717) is 18.1 Å². The molecule has 0 radical (unpaired) electrons. The molecule has 1 amide bonds. The maximum absolute atomic E-state index is 12.5. The van der Waals surface area contributed by atoms with Gasteiger partial charge in [-0.1, -0.05) is 24.3 Å². The van der Waals surface area contributed by atoms with Gasteiger partial charge in [-0.25, -0.2) is 0 Å². The summed E-state index contributed by atoms with van der Waals surface area (Å²) in [6, 6.07) is 19.4. The van der Waals surface area contributed by atoms with E-state index in [1.807, 2.05) is 54.6 Å². The molecule has 0 spiro atoms. The Bertz CT molecular complexity index is 996. The molecule has 8 heteroatoms. The van der Waals surface area contributed by atoms with Gasteiger partial charge in [0.25, 0.3) is 0 Å². The molecule has 3 aromatic rings. The molecule has 0 saturated carbocycles. The summed E-state index contributed by atoms with van der Waals surface area (Å²) < 4.78 is 1.06. The van der Waals surface area contributed by atoms with Crippen molar-refractivity contribution in [1.29, 1.82) is 0 Å². The second kappa shape index (κ2) is 9.02. The number of aromatic nitrogens is 1. The highest BCUT2D eigenvalue weighted by atomic mass is 79.9. The third-order valence-electron chi connectivity index (χ3n) is 4.72. The molecule has 0 bridgehead atoms. The third-order valence-corrected chi connectivity index (χ3v) is 6.77. The van der Waals surface area contributed by atoms with Gasteiger partial charge in [-0.15, -0.1) is 11.3 Å². The quantitative estimate of drug-likeness (QED) is 0.484. The van der Waals surface area contributed by atoms with Crippen LogP contribution in [0.2, 0.25) is 0 Å². The number of anilines is 1. The van der Waals surface area contributed by atoms with Crippen LogP contribution in [0.3, 0.4) is 0 Å². The number of nitrogens with zero attached hydrogens (tertiary/aromatic N) is 2. The maximum Gasteiger partial charge on any atom is 0.226 e. The van der Waals surface area contributed by atoms with Crippen molar-refractivity contribution < 1.29 is 4.79 Å². The van der Waals surface area contributed by atoms with E-state index in [2.05, 4.69) is 42.5 Å². The number of amides is 1. The zero-order chi connectivity index (χ0) is 20.2. The molecule has 2 unspecified atom stereocenters. The van der Waals surface area contributed by atoms with Crippen molar-refractivity contribution in [3.05, 3.63) is 81.2 Å². The number of carbonyl (C=O) groups is 1. The van der Waals surface area contributed by atoms with Gasteiger partial charge in [-0.2, -0.15) is 0 Å². The van der Waals surface area contributed by atoms with Crippen molar-refractivity contribution in [2.24, 2.45) is 0 Å². The number of carbonyl (C=O) groups excluding carboxylic acids is 1. The Balaban J connectivity index is 1.52. The van der Waals surface area contributed by atoms with Gasteiger partial charge in [-0.05, 0) is 64.5 Å². The van der Waals surface area contributed by atoms with Crippen molar-refractivity contribution in [1.82, 2.24) is 15.2 Å². The van der Waals surface area contributed by atoms with Crippen LogP contribution in [0.25, 0.3) is 0 Å². The van der Waals surface area contributed by atoms with E-state index in [4.69, 9.17) is 12.2 Å². The van der Waals surface area contributed by atoms with Crippen LogP contribution in [0.5, 0.6) is 0 Å². The molecule has 2 aromatic heterocycles. The average molecular weight is 487 g/mol. The Morgan fingerprint density at radius 3 is 2.66 bits per heavy atom. The van der Waals surface area contributed by atoms with Crippen LogP contribution in [0.15, 0.2) is 70.6 Å². The van der Waals surface area contributed by atoms with Crippen LogP contribution in [-0.4, -0.2) is 27.4 Å². The summed E-state index contributed by atoms with van der Waals surface area (Å²) in [5.74, 6) is -0.0357. The molecule has 5 nitrogen and oxygen atoms in total. The summed E-state index contributed by atoms with van der Waals surface area (Å²) in [7, 11) is 0. The first kappa shape index (κ1) is 20.0. The van der Waals surface area contributed by atoms with Crippen molar-refractivity contribution in [2.45, 2.75) is 18.5 Å². The van der Waals surface area contributed by atoms with Crippen LogP contribution in [0.4, 0.5) is 5.69 Å². The molecule has 4 rings (SSSR count). The molecule has 1 saturated heterocycles. The summed E-state index contributed by atoms with van der Waals surface area (Å²) in [5.41, 5.74) is 1.73. The Labute approximate surface area is 187 Å². The topological polar surface area (TPSA) is 57.3 Å². The lowest BCUT2D eigenvalue weighted by Crippen LogP contribution is -2.32. The first-order valence-electron chi connectivity index (χ1n) is 9.20. The number of thiocarbonyl (C=S) groups is 1. The largest absolute Gasteiger partial charge is 0.352 e. The van der Waals surface area contributed by atoms with Crippen LogP contribution in [0.1, 0.15) is 29.1 Å². The second-order valence-electron chi connectivity index (χ2n) is 6.63. The van der Waals surface area contributed by atoms with Crippen LogP contribution in [-0.2, 0) is 4.79 Å². The van der Waals surface area contributed by atoms with Crippen LogP contribution < -0.4 is 10.6 Å². The molecular formula is C21H19BrN4OS2. The molecule has 1 aromatic carbocycles. The Morgan fingerprint density at radius 1 is 1.17 bits per heavy atom. The van der Waals surface area contributed by atoms with Gasteiger partial charge in [0.2, 0.25) is 5.91 Å². The first-order chi connectivity index (χ1) is 14.1. The fourth-order valence-corrected chi connectivity index (χ4v) is 5.32. The summed E-state index contributed by atoms with van der Waals surface area (Å²) in [6.45, 7) is 0.522. The van der Waals surface area contributed by atoms with Crippen LogP contribution in [0, 0.1) is 0 Å². The summed E-state index contributed by atoms with van der Waals surface area (Å²) in [5, 5.41) is 6.98. The smallest absolute Gasteiger partial charge is 0.226 e. The number of halogens is 1. The molecule has 29 heavy (non-hydrogen) atoms. The minimum absolute atomic E-state index is 0.0155. The van der Waals surface area contributed by atoms with E-state index in [1.165, 1.54) is 4.88 Å². The van der Waals surface area contributed by atoms with Gasteiger partial charge in [0.15, 0.2) is 5.11 Å². The van der Waals surface area contributed by atoms with Crippen molar-refractivity contribution in [2.75, 3.05) is 11.9 Å². The second-order valence-corrected chi connectivity index (χ2v) is 9.51. The normalized spacial score (nSPS) is 18.5. The highest BCUT2D eigenvalue weighted by molar-refractivity contribution is 9.11. The van der Waals surface area contributed by atoms with Gasteiger partial charge in [-0.3, -0.25) is 9.78 Å². The standard InChI is InChI=1S/C21H19BrN4OS2/c22-17-10-9-16(29-17)20-19(15-8-4-5-12-23-15)25-21(28)26(20)13-11-18(27)24-14-6-2-1-3-7-14/h1-10,12,19-20H,11,13H2,(H,24,27)(H,25,28). The number of pyridine rings is 1. The number of nitrogens with one attached hydrogen (secondary N) is 2. The van der Waals surface area contributed by atoms with Crippen molar-refractivity contribution >= 4 is 56.2 Å². The number of hydrogen-bond acceptors (Lipinski definition) is 4. The number of para-hydroxylation sites is 1. The first-order valence-corrected chi connectivity index (χ1v) is 11.2. The summed E-state index contributed by atoms with van der Waals surface area (Å²) in [4.78, 5) is 20.2. The fraction of sp³-hybridized carbons (Fsp3) is 0.190. The lowest BCUT2D eigenvalue weighted by Gasteiger charge is -2.26. The van der Waals surface area contributed by atoms with Gasteiger partial charge in [0.1, 0.15) is 0 Å². The third kappa shape index (κ3) is 4.66. The lowest BCUT2D eigenvalue weighted by molar-refractivity contribution is -0.116. The molecule has 0 aliphatic carbocycles. The molecule has 1 aliphatic rings. The Kier molecular flexibility index (Phi) is 6.22. The van der Waals surface area contributed by atoms with E-state index < -0.39 is 0 Å². The molecule has 1 aliphatic heterocycles. The Morgan fingerprint density at radius 2 is 1.97 bits per heavy atom. The van der Waals surface area contributed by atoms with Gasteiger partial charge >= 0.3 is 0 Å². The highest BCUT2D eigenvalue weighted by Gasteiger charge is 2.40. The van der Waals surface area contributed by atoms with Gasteiger partial charge < -0.3 is 15.5 Å². The summed E-state index contributed by atoms with van der Waals surface area (Å²) in [6.07, 6.45) is 2.13. The summed E-state index contributed by atoms with van der Waals surface area (Å²) >= 11 is 10.9. The number of rotatable bonds is 6. The average Bonchev–Trinajstić information content (AvgIpc) is 3.30. The van der Waals surface area contributed by atoms with Gasteiger partial charge in [0, 0.05) is 29.7 Å². The molecule has 148 valence electrons. The number of hydrogen-bond donors (Lipinski definition) is 2. The van der Waals surface area contributed by atoms with E-state index in [0.717, 1.165) is 15.2 Å². The lowest BCUT2D eigenvalue weighted by atomic mass is 10.0. The predicted octanol–water partition coefficient (Wildman–Crippen LogP) is 4.91.